The zero-order chi connectivity index (χ0) is 17.8. The van der Waals surface area contributed by atoms with Gasteiger partial charge in [0.2, 0.25) is 5.91 Å². The van der Waals surface area contributed by atoms with Crippen LogP contribution in [0.15, 0.2) is 17.5 Å². The summed E-state index contributed by atoms with van der Waals surface area (Å²) in [6.07, 6.45) is 4.66. The summed E-state index contributed by atoms with van der Waals surface area (Å²) in [4.78, 5) is 31.9. The summed E-state index contributed by atoms with van der Waals surface area (Å²) >= 11 is 1.69. The number of carbonyl (C=O) groups is 2. The summed E-state index contributed by atoms with van der Waals surface area (Å²) in [5, 5.41) is 5.06. The quantitative estimate of drug-likeness (QED) is 0.871. The predicted octanol–water partition coefficient (Wildman–Crippen LogP) is 2.15. The van der Waals surface area contributed by atoms with Crippen LogP contribution in [0.25, 0.3) is 0 Å². The van der Waals surface area contributed by atoms with E-state index in [0.717, 1.165) is 12.8 Å². The number of amides is 3. The molecule has 1 saturated carbocycles. The average molecular weight is 365 g/mol. The Morgan fingerprint density at radius 2 is 2.12 bits per heavy atom. The lowest BCUT2D eigenvalue weighted by atomic mass is 10.1. The van der Waals surface area contributed by atoms with Gasteiger partial charge in [-0.2, -0.15) is 0 Å². The summed E-state index contributed by atoms with van der Waals surface area (Å²) in [6, 6.07) is 4.53. The van der Waals surface area contributed by atoms with Crippen LogP contribution in [0.3, 0.4) is 0 Å². The third kappa shape index (κ3) is 4.33. The van der Waals surface area contributed by atoms with Gasteiger partial charge in [0, 0.05) is 30.6 Å². The Hall–Kier alpha value is -1.60. The Bertz CT molecular complexity index is 584. The largest absolute Gasteiger partial charge is 0.336 e. The molecule has 0 unspecified atom stereocenters. The fourth-order valence-electron chi connectivity index (χ4n) is 3.78. The Labute approximate surface area is 153 Å². The Kier molecular flexibility index (Phi) is 5.96. The van der Waals surface area contributed by atoms with Crippen LogP contribution in [-0.2, 0) is 4.79 Å². The number of urea groups is 1. The molecule has 1 aliphatic heterocycles. The van der Waals surface area contributed by atoms with E-state index < -0.39 is 0 Å². The molecule has 0 radical (unpaired) electrons. The van der Waals surface area contributed by atoms with Gasteiger partial charge in [-0.1, -0.05) is 18.9 Å². The molecule has 6 nitrogen and oxygen atoms in total. The van der Waals surface area contributed by atoms with Gasteiger partial charge in [0.15, 0.2) is 0 Å². The maximum Gasteiger partial charge on any atom is 0.317 e. The molecule has 7 heteroatoms. The monoisotopic (exact) mass is 364 g/mol. The molecule has 0 bridgehead atoms. The van der Waals surface area contributed by atoms with Gasteiger partial charge in [0.1, 0.15) is 6.54 Å². The smallest absolute Gasteiger partial charge is 0.317 e. The average Bonchev–Trinajstić information content (AvgIpc) is 3.28. The second-order valence-electron chi connectivity index (χ2n) is 7.13. The number of hydrogen-bond acceptors (Lipinski definition) is 4. The van der Waals surface area contributed by atoms with E-state index in [0.29, 0.717) is 25.7 Å². The van der Waals surface area contributed by atoms with E-state index in [-0.39, 0.29) is 24.5 Å². The molecular weight excluding hydrogens is 336 g/mol. The normalized spacial score (nSPS) is 20.4. The highest BCUT2D eigenvalue weighted by molar-refractivity contribution is 7.10. The molecule has 1 N–H and O–H groups in total. The van der Waals surface area contributed by atoms with Crippen molar-refractivity contribution in [3.63, 3.8) is 0 Å². The zero-order valence-corrected chi connectivity index (χ0v) is 15.9. The van der Waals surface area contributed by atoms with E-state index in [2.05, 4.69) is 21.7 Å². The standard InChI is InChI=1S/C18H28N4O2S/c1-20(2)15(16-8-5-11-25-16)12-19-18(24)21-9-10-22(17(23)13-21)14-6-3-4-7-14/h5,8,11,14-15H,3-4,6-7,9-10,12-13H2,1-2H3,(H,19,24)/t15-/m1/s1. The van der Waals surface area contributed by atoms with Crippen molar-refractivity contribution in [3.05, 3.63) is 22.4 Å². The van der Waals surface area contributed by atoms with Gasteiger partial charge >= 0.3 is 6.03 Å². The van der Waals surface area contributed by atoms with Crippen LogP contribution in [-0.4, -0.2) is 73.0 Å². The van der Waals surface area contributed by atoms with Crippen LogP contribution >= 0.6 is 11.3 Å². The molecular formula is C18H28N4O2S. The lowest BCUT2D eigenvalue weighted by molar-refractivity contribution is -0.137. The lowest BCUT2D eigenvalue weighted by Gasteiger charge is -2.38. The third-order valence-corrected chi connectivity index (χ3v) is 6.23. The van der Waals surface area contributed by atoms with Crippen LogP contribution < -0.4 is 5.32 Å². The highest BCUT2D eigenvalue weighted by Crippen LogP contribution is 2.25. The maximum atomic E-state index is 12.5. The second kappa shape index (κ2) is 8.19. The summed E-state index contributed by atoms with van der Waals surface area (Å²) in [6.45, 7) is 2.04. The number of piperazine rings is 1. The molecule has 138 valence electrons. The molecule has 25 heavy (non-hydrogen) atoms. The molecule has 2 fully saturated rings. The second-order valence-corrected chi connectivity index (χ2v) is 8.11. The number of hydrogen-bond donors (Lipinski definition) is 1. The minimum atomic E-state index is -0.136. The van der Waals surface area contributed by atoms with Crippen molar-refractivity contribution in [1.82, 2.24) is 20.0 Å². The van der Waals surface area contributed by atoms with Crippen molar-refractivity contribution in [2.45, 2.75) is 37.8 Å². The number of carbonyl (C=O) groups excluding carboxylic acids is 2. The SMILES string of the molecule is CN(C)[C@H](CNC(=O)N1CCN(C2CCCC2)C(=O)C1)c1cccs1. The van der Waals surface area contributed by atoms with E-state index in [9.17, 15) is 9.59 Å². The third-order valence-electron chi connectivity index (χ3n) is 5.25. The summed E-state index contributed by atoms with van der Waals surface area (Å²) in [5.41, 5.74) is 0. The van der Waals surface area contributed by atoms with Gasteiger partial charge in [-0.25, -0.2) is 4.79 Å². The fourth-order valence-corrected chi connectivity index (χ4v) is 4.70. The first-order valence-corrected chi connectivity index (χ1v) is 9.96. The molecule has 0 aromatic carbocycles. The molecule has 1 saturated heterocycles. The van der Waals surface area contributed by atoms with Crippen molar-refractivity contribution in [3.8, 4) is 0 Å². The van der Waals surface area contributed by atoms with E-state index in [1.807, 2.05) is 25.1 Å². The lowest BCUT2D eigenvalue weighted by Crippen LogP contribution is -2.57. The van der Waals surface area contributed by atoms with Crippen LogP contribution in [0.5, 0.6) is 0 Å². The van der Waals surface area contributed by atoms with Crippen molar-refractivity contribution in [2.24, 2.45) is 0 Å². The minimum Gasteiger partial charge on any atom is -0.336 e. The van der Waals surface area contributed by atoms with Crippen LogP contribution in [0, 0.1) is 0 Å². The first-order chi connectivity index (χ1) is 12.1. The molecule has 1 aromatic rings. The molecule has 2 heterocycles. The van der Waals surface area contributed by atoms with E-state index in [1.54, 1.807) is 16.2 Å². The van der Waals surface area contributed by atoms with Crippen molar-refractivity contribution < 1.29 is 9.59 Å². The zero-order valence-electron chi connectivity index (χ0n) is 15.1. The Balaban J connectivity index is 1.51. The van der Waals surface area contributed by atoms with Gasteiger partial charge in [0.05, 0.1) is 6.04 Å². The van der Waals surface area contributed by atoms with Crippen LogP contribution in [0.1, 0.15) is 36.6 Å². The Morgan fingerprint density at radius 3 is 2.72 bits per heavy atom. The Morgan fingerprint density at radius 1 is 1.36 bits per heavy atom. The van der Waals surface area contributed by atoms with E-state index >= 15 is 0 Å². The highest BCUT2D eigenvalue weighted by Gasteiger charge is 2.33. The number of likely N-dealkylation sites (N-methyl/N-ethyl adjacent to an activating group) is 1. The van der Waals surface area contributed by atoms with Gasteiger partial charge in [-0.3, -0.25) is 4.79 Å². The molecule has 0 spiro atoms. The maximum absolute atomic E-state index is 12.5. The van der Waals surface area contributed by atoms with Crippen LogP contribution in [0.2, 0.25) is 0 Å². The highest BCUT2D eigenvalue weighted by atomic mass is 32.1. The molecule has 3 amide bonds. The predicted molar refractivity (Wildman–Crippen MR) is 99.7 cm³/mol. The van der Waals surface area contributed by atoms with Gasteiger partial charge < -0.3 is 20.0 Å². The van der Waals surface area contributed by atoms with Crippen LogP contribution in [0.4, 0.5) is 4.79 Å². The number of nitrogens with zero attached hydrogens (tertiary/aromatic N) is 3. The fraction of sp³-hybridized carbons (Fsp3) is 0.667. The van der Waals surface area contributed by atoms with Crippen molar-refractivity contribution in [2.75, 3.05) is 40.3 Å². The number of thiophene rings is 1. The number of rotatable bonds is 5. The van der Waals surface area contributed by atoms with E-state index in [4.69, 9.17) is 0 Å². The number of nitrogens with one attached hydrogen (secondary N) is 1. The van der Waals surface area contributed by atoms with Gasteiger partial charge in [-0.15, -0.1) is 11.3 Å². The molecule has 1 atom stereocenters. The van der Waals surface area contributed by atoms with E-state index in [1.165, 1.54) is 17.7 Å². The first kappa shape index (κ1) is 18.2. The summed E-state index contributed by atoms with van der Waals surface area (Å²) in [7, 11) is 4.03. The van der Waals surface area contributed by atoms with Crippen molar-refractivity contribution in [1.29, 1.82) is 0 Å². The van der Waals surface area contributed by atoms with Crippen molar-refractivity contribution >= 4 is 23.3 Å². The molecule has 2 aliphatic rings. The molecule has 3 rings (SSSR count). The molecule has 1 aromatic heterocycles. The van der Waals surface area contributed by atoms with Gasteiger partial charge in [0.25, 0.3) is 0 Å². The topological polar surface area (TPSA) is 55.9 Å². The molecule has 1 aliphatic carbocycles. The summed E-state index contributed by atoms with van der Waals surface area (Å²) < 4.78 is 0. The van der Waals surface area contributed by atoms with Gasteiger partial charge in [-0.05, 0) is 38.4 Å². The minimum absolute atomic E-state index is 0.0933. The summed E-state index contributed by atoms with van der Waals surface area (Å²) in [5.74, 6) is 0.0933. The first-order valence-electron chi connectivity index (χ1n) is 9.08.